The van der Waals surface area contributed by atoms with E-state index in [9.17, 15) is 15.0 Å². The Morgan fingerprint density at radius 1 is 1.05 bits per heavy atom. The normalized spacial score (nSPS) is 26.1. The van der Waals surface area contributed by atoms with Crippen molar-refractivity contribution in [1.82, 2.24) is 14.9 Å². The minimum absolute atomic E-state index is 0.0170. The summed E-state index contributed by atoms with van der Waals surface area (Å²) in [6.07, 6.45) is 22.9. The SMILES string of the molecule is CCCCCC(C(=O)CCc1ccc2c(c1)OC1C(C#CC(O)c3ccc4c(c3Cc3c[nH]c5cn1cc35)CCNC4N)C1(C#CO2)CCCC1)C(O)C1C=CC(C)CC1. The predicted octanol–water partition coefficient (Wildman–Crippen LogP) is 8.48. The van der Waals surface area contributed by atoms with E-state index in [0.717, 1.165) is 109 Å². The molecule has 0 amide bonds. The molecule has 9 nitrogen and oxygen atoms in total. The van der Waals surface area contributed by atoms with Crippen molar-refractivity contribution in [1.29, 1.82) is 0 Å². The van der Waals surface area contributed by atoms with E-state index in [-0.39, 0.29) is 23.8 Å². The van der Waals surface area contributed by atoms with Crippen LogP contribution < -0.4 is 20.5 Å². The quantitative estimate of drug-likeness (QED) is 0.0617. The maximum Gasteiger partial charge on any atom is 0.191 e. The number of carbonyl (C=O) groups excluding carboxylic acids is 1. The molecule has 8 unspecified atom stereocenters. The van der Waals surface area contributed by atoms with Crippen LogP contribution in [0.3, 0.4) is 0 Å². The number of aliphatic hydroxyl groups is 2. The number of benzene rings is 2. The first-order valence-electron chi connectivity index (χ1n) is 22.6. The number of unbranched alkanes of at least 4 members (excludes halogenated alkanes) is 2. The molecular formula is C51H60N4O5. The Kier molecular flexibility index (Phi) is 11.7. The Labute approximate surface area is 354 Å². The Balaban J connectivity index is 1.06. The van der Waals surface area contributed by atoms with Gasteiger partial charge in [-0.1, -0.05) is 94.1 Å². The minimum Gasteiger partial charge on any atom is -0.465 e. The molecule has 60 heavy (non-hydrogen) atoms. The largest absolute Gasteiger partial charge is 0.465 e. The number of allylic oxidation sites excluding steroid dienone is 1. The number of hydrogen-bond donors (Lipinski definition) is 5. The topological polar surface area (TPSA) is 135 Å². The highest BCUT2D eigenvalue weighted by Crippen LogP contribution is 2.50. The maximum atomic E-state index is 14.0. The van der Waals surface area contributed by atoms with Gasteiger partial charge in [0.05, 0.1) is 29.1 Å². The van der Waals surface area contributed by atoms with Crippen molar-refractivity contribution in [3.63, 3.8) is 0 Å². The molecule has 9 rings (SSSR count). The summed E-state index contributed by atoms with van der Waals surface area (Å²) in [4.78, 5) is 17.5. The number of aromatic nitrogens is 2. The van der Waals surface area contributed by atoms with Gasteiger partial charge in [0.2, 0.25) is 0 Å². The van der Waals surface area contributed by atoms with Crippen LogP contribution in [0.15, 0.2) is 61.1 Å². The zero-order valence-corrected chi connectivity index (χ0v) is 35.1. The van der Waals surface area contributed by atoms with Gasteiger partial charge in [-0.05, 0) is 96.4 Å². The molecule has 2 aliphatic carbocycles. The Hall–Kier alpha value is -4.77. The molecule has 6 N–H and O–H groups in total. The van der Waals surface area contributed by atoms with E-state index in [2.05, 4.69) is 83.3 Å². The average Bonchev–Trinajstić information content (AvgIpc) is 4.00. The summed E-state index contributed by atoms with van der Waals surface area (Å²) in [5.74, 6) is 11.4. The number of rotatable bonds is 10. The number of hydrogen-bond acceptors (Lipinski definition) is 7. The van der Waals surface area contributed by atoms with Crippen LogP contribution in [-0.2, 0) is 24.1 Å². The van der Waals surface area contributed by atoms with Crippen molar-refractivity contribution in [2.75, 3.05) is 6.54 Å². The van der Waals surface area contributed by atoms with Crippen molar-refractivity contribution >= 4 is 16.7 Å². The van der Waals surface area contributed by atoms with Gasteiger partial charge in [-0.3, -0.25) is 10.1 Å². The number of ketones is 1. The van der Waals surface area contributed by atoms with Gasteiger partial charge < -0.3 is 35.0 Å². The molecule has 3 aliphatic heterocycles. The molecule has 0 saturated heterocycles. The Morgan fingerprint density at radius 2 is 1.90 bits per heavy atom. The molecule has 1 fully saturated rings. The van der Waals surface area contributed by atoms with Gasteiger partial charge in [0.25, 0.3) is 0 Å². The number of nitrogens with two attached hydrogens (primary N) is 1. The molecule has 5 aliphatic rings. The van der Waals surface area contributed by atoms with Crippen molar-refractivity contribution in [3.05, 3.63) is 94.5 Å². The van der Waals surface area contributed by atoms with E-state index in [0.29, 0.717) is 43.1 Å². The molecule has 2 bridgehead atoms. The van der Waals surface area contributed by atoms with Gasteiger partial charge in [-0.25, -0.2) is 0 Å². The fourth-order valence-corrected chi connectivity index (χ4v) is 10.7. The van der Waals surface area contributed by atoms with E-state index >= 15 is 0 Å². The number of aryl methyl sites for hydroxylation is 1. The second kappa shape index (κ2) is 17.3. The van der Waals surface area contributed by atoms with Crippen molar-refractivity contribution in [2.45, 2.75) is 128 Å². The van der Waals surface area contributed by atoms with E-state index in [1.165, 1.54) is 5.56 Å². The van der Waals surface area contributed by atoms with E-state index in [1.54, 1.807) is 0 Å². The summed E-state index contributed by atoms with van der Waals surface area (Å²) in [6.45, 7) is 5.14. The van der Waals surface area contributed by atoms with Crippen molar-refractivity contribution in [3.8, 4) is 35.4 Å². The summed E-state index contributed by atoms with van der Waals surface area (Å²) in [7, 11) is 0. The Bertz CT molecular complexity index is 2380. The maximum absolute atomic E-state index is 14.0. The molecule has 1 saturated carbocycles. The standard InChI is InChI=1S/C51H60N4O5/c1-3-4-5-8-39(48(58)34-13-9-32(2)10-14-34)45(57)18-11-33-12-20-46-47(27-33)60-50-42(51(24-26-59-46)22-6-7-23-51)17-19-44(56)37-15-16-38-36(21-25-53-49(38)52)40(37)28-35-29-54-43-31-55(50)30-41(35)43/h9,12-13,15-16,20,27,29-32,34,39,42,44,48-50,53-54,56,58H,3-8,10-11,14,18,21-23,25,28,52H2,1-2H3. The van der Waals surface area contributed by atoms with Crippen LogP contribution in [0.5, 0.6) is 11.5 Å². The van der Waals surface area contributed by atoms with Crippen LogP contribution >= 0.6 is 0 Å². The third kappa shape index (κ3) is 7.94. The number of fused-ring (bicyclic) bond motifs is 8. The third-order valence-corrected chi connectivity index (χ3v) is 14.3. The first-order valence-corrected chi connectivity index (χ1v) is 22.6. The zero-order chi connectivity index (χ0) is 41.4. The van der Waals surface area contributed by atoms with Crippen LogP contribution in [0.1, 0.15) is 136 Å². The van der Waals surface area contributed by atoms with Gasteiger partial charge in [-0.15, -0.1) is 0 Å². The lowest BCUT2D eigenvalue weighted by Gasteiger charge is -2.35. The molecule has 2 aromatic carbocycles. The highest BCUT2D eigenvalue weighted by molar-refractivity contribution is 5.84. The number of Topliss-reactive ketones (excluding diaryl/α,β-unsaturated/α-hetero) is 1. The average molecular weight is 809 g/mol. The zero-order valence-electron chi connectivity index (χ0n) is 35.1. The summed E-state index contributed by atoms with van der Waals surface area (Å²) in [5.41, 5.74) is 13.2. The van der Waals surface area contributed by atoms with E-state index in [4.69, 9.17) is 15.2 Å². The lowest BCUT2D eigenvalue weighted by atomic mass is 9.73. The van der Waals surface area contributed by atoms with Gasteiger partial charge in [0, 0.05) is 55.2 Å². The third-order valence-electron chi connectivity index (χ3n) is 14.3. The van der Waals surface area contributed by atoms with Crippen LogP contribution in [0, 0.1) is 53.0 Å². The number of carbonyl (C=O) groups is 1. The van der Waals surface area contributed by atoms with Gasteiger partial charge >= 0.3 is 0 Å². The van der Waals surface area contributed by atoms with Gasteiger partial charge in [0.1, 0.15) is 18.0 Å². The van der Waals surface area contributed by atoms with E-state index < -0.39 is 29.8 Å². The highest BCUT2D eigenvalue weighted by Gasteiger charge is 2.46. The van der Waals surface area contributed by atoms with Crippen LogP contribution in [0.4, 0.5) is 0 Å². The molecule has 9 heteroatoms. The molecule has 5 heterocycles. The molecule has 0 radical (unpaired) electrons. The van der Waals surface area contributed by atoms with Gasteiger partial charge in [0.15, 0.2) is 17.7 Å². The first kappa shape index (κ1) is 40.6. The molecule has 8 atom stereocenters. The predicted molar refractivity (Wildman–Crippen MR) is 234 cm³/mol. The number of nitrogens with one attached hydrogen (secondary N) is 2. The lowest BCUT2D eigenvalue weighted by Crippen LogP contribution is -2.36. The lowest BCUT2D eigenvalue weighted by molar-refractivity contribution is -0.127. The number of nitrogens with zero attached hydrogens (tertiary/aromatic N) is 1. The second-order valence-electron chi connectivity index (χ2n) is 18.2. The second-order valence-corrected chi connectivity index (χ2v) is 18.2. The first-order chi connectivity index (χ1) is 29.2. The molecule has 4 aromatic rings. The molecular weight excluding hydrogens is 749 g/mol. The van der Waals surface area contributed by atoms with Gasteiger partial charge in [-0.2, -0.15) is 0 Å². The summed E-state index contributed by atoms with van der Waals surface area (Å²) >= 11 is 0. The molecule has 314 valence electrons. The van der Waals surface area contributed by atoms with Crippen LogP contribution in [-0.4, -0.2) is 38.2 Å². The summed E-state index contributed by atoms with van der Waals surface area (Å²) in [5, 5.41) is 28.1. The van der Waals surface area contributed by atoms with Crippen molar-refractivity contribution < 1.29 is 24.5 Å². The molecule has 1 spiro atoms. The number of H-pyrrole nitrogens is 1. The number of aliphatic hydroxyl groups excluding tert-OH is 2. The minimum atomic E-state index is -1.02. The highest BCUT2D eigenvalue weighted by atomic mass is 16.5. The smallest absolute Gasteiger partial charge is 0.191 e. The monoisotopic (exact) mass is 808 g/mol. The summed E-state index contributed by atoms with van der Waals surface area (Å²) in [6, 6.07) is 9.92. The van der Waals surface area contributed by atoms with Crippen molar-refractivity contribution in [2.24, 2.45) is 34.8 Å². The Morgan fingerprint density at radius 3 is 2.72 bits per heavy atom. The van der Waals surface area contributed by atoms with Crippen LogP contribution in [0.2, 0.25) is 0 Å². The molecule has 2 aromatic heterocycles. The fraction of sp³-hybridized carbons (Fsp3) is 0.510. The number of ether oxygens (including phenoxy) is 2. The summed E-state index contributed by atoms with van der Waals surface area (Å²) < 4.78 is 15.5. The fourth-order valence-electron chi connectivity index (χ4n) is 10.7. The number of aromatic amines is 1. The van der Waals surface area contributed by atoms with E-state index in [1.807, 2.05) is 30.3 Å². The van der Waals surface area contributed by atoms with Crippen LogP contribution in [0.25, 0.3) is 10.9 Å².